The normalized spacial score (nSPS) is 14.2. The van der Waals surface area contributed by atoms with E-state index in [1.165, 1.54) is 11.3 Å². The van der Waals surface area contributed by atoms with Crippen LogP contribution in [0.5, 0.6) is 0 Å². The van der Waals surface area contributed by atoms with Crippen molar-refractivity contribution in [1.29, 1.82) is 0 Å². The molecule has 0 radical (unpaired) electrons. The highest BCUT2D eigenvalue weighted by Crippen LogP contribution is 2.15. The molecule has 1 aromatic carbocycles. The van der Waals surface area contributed by atoms with Gasteiger partial charge in [-0.3, -0.25) is 14.4 Å². The maximum atomic E-state index is 12.3. The van der Waals surface area contributed by atoms with Crippen LogP contribution in [0.1, 0.15) is 20.0 Å². The quantitative estimate of drug-likeness (QED) is 0.867. The number of nitrogens with one attached hydrogen (secondary N) is 1. The van der Waals surface area contributed by atoms with E-state index in [9.17, 15) is 14.4 Å². The summed E-state index contributed by atoms with van der Waals surface area (Å²) in [6, 6.07) is 10.3. The van der Waals surface area contributed by atoms with E-state index in [1.807, 2.05) is 11.4 Å². The van der Waals surface area contributed by atoms with E-state index in [-0.39, 0.29) is 24.3 Å². The van der Waals surface area contributed by atoms with Crippen LogP contribution in [0.3, 0.4) is 0 Å². The summed E-state index contributed by atoms with van der Waals surface area (Å²) in [7, 11) is 0. The minimum atomic E-state index is -0.379. The van der Waals surface area contributed by atoms with Crippen molar-refractivity contribution in [3.05, 3.63) is 57.2 Å². The van der Waals surface area contributed by atoms with Crippen LogP contribution in [0.2, 0.25) is 5.02 Å². The molecule has 26 heavy (non-hydrogen) atoms. The maximum Gasteiger partial charge on any atom is 0.264 e. The van der Waals surface area contributed by atoms with Crippen LogP contribution in [-0.4, -0.2) is 60.2 Å². The molecule has 0 atom stereocenters. The Morgan fingerprint density at radius 3 is 2.35 bits per heavy atom. The summed E-state index contributed by atoms with van der Waals surface area (Å²) in [6.07, 6.45) is 0. The summed E-state index contributed by atoms with van der Waals surface area (Å²) in [4.78, 5) is 40.8. The van der Waals surface area contributed by atoms with Gasteiger partial charge in [-0.15, -0.1) is 11.3 Å². The van der Waals surface area contributed by atoms with Crippen LogP contribution in [-0.2, 0) is 4.79 Å². The van der Waals surface area contributed by atoms with E-state index in [0.29, 0.717) is 41.6 Å². The van der Waals surface area contributed by atoms with E-state index in [0.717, 1.165) is 0 Å². The van der Waals surface area contributed by atoms with Gasteiger partial charge in [-0.05, 0) is 23.6 Å². The fraction of sp³-hybridized carbons (Fsp3) is 0.278. The van der Waals surface area contributed by atoms with Gasteiger partial charge >= 0.3 is 0 Å². The highest BCUT2D eigenvalue weighted by Gasteiger charge is 2.25. The number of nitrogens with zero attached hydrogens (tertiary/aromatic N) is 2. The Morgan fingerprint density at radius 1 is 1.00 bits per heavy atom. The molecule has 0 saturated carbocycles. The molecule has 1 aliphatic rings. The van der Waals surface area contributed by atoms with Gasteiger partial charge in [0.1, 0.15) is 0 Å². The van der Waals surface area contributed by atoms with Crippen LogP contribution in [0.15, 0.2) is 41.8 Å². The number of rotatable bonds is 4. The molecule has 1 fully saturated rings. The Bertz CT molecular complexity index is 802. The van der Waals surface area contributed by atoms with E-state index in [2.05, 4.69) is 5.32 Å². The molecule has 136 valence electrons. The van der Waals surface area contributed by atoms with Crippen molar-refractivity contribution in [2.75, 3.05) is 32.7 Å². The van der Waals surface area contributed by atoms with Crippen molar-refractivity contribution < 1.29 is 14.4 Å². The van der Waals surface area contributed by atoms with Crippen molar-refractivity contribution >= 4 is 40.7 Å². The Balaban J connectivity index is 1.47. The molecule has 2 heterocycles. The summed E-state index contributed by atoms with van der Waals surface area (Å²) in [5.74, 6) is -0.553. The molecule has 8 heteroatoms. The molecule has 0 bridgehead atoms. The summed E-state index contributed by atoms with van der Waals surface area (Å²) in [5, 5.41) is 4.81. The molecule has 1 saturated heterocycles. The molecule has 6 nitrogen and oxygen atoms in total. The third-order valence-corrected chi connectivity index (χ3v) is 5.36. The smallest absolute Gasteiger partial charge is 0.264 e. The van der Waals surface area contributed by atoms with Gasteiger partial charge in [0.15, 0.2) is 0 Å². The number of benzene rings is 1. The zero-order valence-corrected chi connectivity index (χ0v) is 15.6. The van der Waals surface area contributed by atoms with Gasteiger partial charge in [0.05, 0.1) is 22.0 Å². The first-order valence-electron chi connectivity index (χ1n) is 8.19. The number of hydrogen-bond donors (Lipinski definition) is 1. The average molecular weight is 392 g/mol. The fourth-order valence-corrected chi connectivity index (χ4v) is 3.64. The molecule has 0 unspecified atom stereocenters. The third-order valence-electron chi connectivity index (χ3n) is 4.17. The lowest BCUT2D eigenvalue weighted by molar-refractivity contribution is -0.131. The first kappa shape index (κ1) is 18.4. The lowest BCUT2D eigenvalue weighted by atomic mass is 10.2. The van der Waals surface area contributed by atoms with Crippen LogP contribution in [0.4, 0.5) is 0 Å². The number of hydrogen-bond acceptors (Lipinski definition) is 4. The van der Waals surface area contributed by atoms with Gasteiger partial charge in [-0.2, -0.15) is 0 Å². The summed E-state index contributed by atoms with van der Waals surface area (Å²) in [5.41, 5.74) is 0.341. The third kappa shape index (κ3) is 4.23. The number of piperazine rings is 1. The minimum absolute atomic E-state index is 0.000814. The Kier molecular flexibility index (Phi) is 5.90. The van der Waals surface area contributed by atoms with Gasteiger partial charge in [-0.1, -0.05) is 29.8 Å². The topological polar surface area (TPSA) is 69.7 Å². The Hall–Kier alpha value is -2.38. The fourth-order valence-electron chi connectivity index (χ4n) is 2.72. The molecule has 2 aromatic rings. The molecule has 3 amide bonds. The number of amides is 3. The second kappa shape index (κ2) is 8.33. The largest absolute Gasteiger partial charge is 0.343 e. The second-order valence-corrected chi connectivity index (χ2v) is 7.17. The molecule has 0 aliphatic carbocycles. The molecule has 1 aliphatic heterocycles. The Morgan fingerprint density at radius 2 is 1.69 bits per heavy atom. The highest BCUT2D eigenvalue weighted by atomic mass is 35.5. The molecule has 3 rings (SSSR count). The van der Waals surface area contributed by atoms with Crippen LogP contribution < -0.4 is 5.32 Å². The predicted octanol–water partition coefficient (Wildman–Crippen LogP) is 2.12. The zero-order chi connectivity index (χ0) is 18.5. The lowest BCUT2D eigenvalue weighted by Crippen LogP contribution is -2.52. The van der Waals surface area contributed by atoms with E-state index >= 15 is 0 Å². The van der Waals surface area contributed by atoms with E-state index in [1.54, 1.807) is 40.1 Å². The van der Waals surface area contributed by atoms with Crippen molar-refractivity contribution in [3.8, 4) is 0 Å². The van der Waals surface area contributed by atoms with Crippen molar-refractivity contribution in [1.82, 2.24) is 15.1 Å². The number of halogens is 1. The standard InChI is InChI=1S/C18H18ClN3O3S/c19-14-5-2-1-4-13(14)17(24)20-12-16(23)21-7-9-22(10-8-21)18(25)15-6-3-11-26-15/h1-6,11H,7-10,12H2,(H,20,24). The summed E-state index contributed by atoms with van der Waals surface area (Å²) >= 11 is 7.39. The van der Waals surface area contributed by atoms with Gasteiger partial charge in [0.2, 0.25) is 5.91 Å². The van der Waals surface area contributed by atoms with Crippen molar-refractivity contribution in [2.45, 2.75) is 0 Å². The SMILES string of the molecule is O=C(NCC(=O)N1CCN(C(=O)c2cccs2)CC1)c1ccccc1Cl. The maximum absolute atomic E-state index is 12.3. The van der Waals surface area contributed by atoms with Crippen LogP contribution in [0.25, 0.3) is 0 Å². The van der Waals surface area contributed by atoms with Crippen molar-refractivity contribution in [3.63, 3.8) is 0 Å². The van der Waals surface area contributed by atoms with Gasteiger partial charge in [0, 0.05) is 26.2 Å². The lowest BCUT2D eigenvalue weighted by Gasteiger charge is -2.34. The monoisotopic (exact) mass is 391 g/mol. The molecule has 1 aromatic heterocycles. The molecule has 0 spiro atoms. The number of carbonyl (C=O) groups is 3. The predicted molar refractivity (Wildman–Crippen MR) is 101 cm³/mol. The van der Waals surface area contributed by atoms with E-state index in [4.69, 9.17) is 11.6 Å². The minimum Gasteiger partial charge on any atom is -0.343 e. The van der Waals surface area contributed by atoms with Gasteiger partial charge < -0.3 is 15.1 Å². The van der Waals surface area contributed by atoms with Crippen LogP contribution in [0, 0.1) is 0 Å². The van der Waals surface area contributed by atoms with Crippen molar-refractivity contribution in [2.24, 2.45) is 0 Å². The van der Waals surface area contributed by atoms with Crippen LogP contribution >= 0.6 is 22.9 Å². The number of thiophene rings is 1. The van der Waals surface area contributed by atoms with Gasteiger partial charge in [0.25, 0.3) is 11.8 Å². The molecule has 1 N–H and O–H groups in total. The zero-order valence-electron chi connectivity index (χ0n) is 14.0. The first-order chi connectivity index (χ1) is 12.6. The number of carbonyl (C=O) groups excluding carboxylic acids is 3. The summed E-state index contributed by atoms with van der Waals surface area (Å²) < 4.78 is 0. The Labute approximate surface area is 160 Å². The second-order valence-electron chi connectivity index (χ2n) is 5.81. The van der Waals surface area contributed by atoms with Gasteiger partial charge in [-0.25, -0.2) is 0 Å². The first-order valence-corrected chi connectivity index (χ1v) is 9.45. The highest BCUT2D eigenvalue weighted by molar-refractivity contribution is 7.12. The average Bonchev–Trinajstić information content (AvgIpc) is 3.20. The summed E-state index contributed by atoms with van der Waals surface area (Å²) in [6.45, 7) is 1.79. The van der Waals surface area contributed by atoms with E-state index < -0.39 is 0 Å². The molecular formula is C18H18ClN3O3S. The molecular weight excluding hydrogens is 374 g/mol.